The van der Waals surface area contributed by atoms with Crippen LogP contribution in [0.25, 0.3) is 22.4 Å². The molecular formula is C22H25N3O3. The molecule has 0 atom stereocenters. The van der Waals surface area contributed by atoms with Crippen LogP contribution in [0.15, 0.2) is 65.4 Å². The third-order valence-corrected chi connectivity index (χ3v) is 3.81. The van der Waals surface area contributed by atoms with Gasteiger partial charge in [0.2, 0.25) is 5.89 Å². The summed E-state index contributed by atoms with van der Waals surface area (Å²) in [7, 11) is 0. The average Bonchev–Trinajstić information content (AvgIpc) is 3.40. The first kappa shape index (κ1) is 20.9. The van der Waals surface area contributed by atoms with E-state index in [1.807, 2.05) is 87.1 Å². The molecule has 0 radical (unpaired) electrons. The molecule has 0 aliphatic rings. The van der Waals surface area contributed by atoms with E-state index in [1.54, 1.807) is 0 Å². The van der Waals surface area contributed by atoms with Gasteiger partial charge in [0.25, 0.3) is 0 Å². The van der Waals surface area contributed by atoms with E-state index in [9.17, 15) is 4.79 Å². The molecule has 4 aromatic rings. The number of nitrogens with zero attached hydrogens (tertiary/aromatic N) is 3. The fourth-order valence-electron chi connectivity index (χ4n) is 2.58. The second-order valence-corrected chi connectivity index (χ2v) is 5.40. The predicted octanol–water partition coefficient (Wildman–Crippen LogP) is 5.49. The molecule has 0 saturated carbocycles. The van der Waals surface area contributed by atoms with Gasteiger partial charge < -0.3 is 9.52 Å². The van der Waals surface area contributed by atoms with E-state index in [0.717, 1.165) is 28.3 Å². The Balaban J connectivity index is 0.000000660. The fourth-order valence-corrected chi connectivity index (χ4v) is 2.58. The summed E-state index contributed by atoms with van der Waals surface area (Å²) in [6.07, 6.45) is 2.99. The number of carbonyl (C=O) groups is 1. The van der Waals surface area contributed by atoms with Gasteiger partial charge in [0.05, 0.1) is 18.3 Å². The maximum absolute atomic E-state index is 10.9. The summed E-state index contributed by atoms with van der Waals surface area (Å²) >= 11 is 0. The zero-order chi connectivity index (χ0) is 20.5. The van der Waals surface area contributed by atoms with Crippen molar-refractivity contribution in [3.05, 3.63) is 72.2 Å². The number of hydrogen-bond acceptors (Lipinski definition) is 4. The van der Waals surface area contributed by atoms with E-state index in [4.69, 9.17) is 9.52 Å². The van der Waals surface area contributed by atoms with Crippen LogP contribution in [-0.4, -0.2) is 25.8 Å². The van der Waals surface area contributed by atoms with Gasteiger partial charge in [-0.25, -0.2) is 9.78 Å². The highest BCUT2D eigenvalue weighted by Gasteiger charge is 2.12. The molecule has 2 heterocycles. The Bertz CT molecular complexity index is 1020. The minimum Gasteiger partial charge on any atom is -0.476 e. The van der Waals surface area contributed by atoms with E-state index in [0.29, 0.717) is 12.4 Å². The van der Waals surface area contributed by atoms with E-state index >= 15 is 0 Å². The van der Waals surface area contributed by atoms with Gasteiger partial charge in [0.1, 0.15) is 6.26 Å². The van der Waals surface area contributed by atoms with Crippen LogP contribution in [0.4, 0.5) is 0 Å². The highest BCUT2D eigenvalue weighted by Crippen LogP contribution is 2.20. The normalized spacial score (nSPS) is 9.86. The third-order valence-electron chi connectivity index (χ3n) is 3.81. The molecule has 0 bridgehead atoms. The van der Waals surface area contributed by atoms with Crippen LogP contribution in [0.5, 0.6) is 0 Å². The summed E-state index contributed by atoms with van der Waals surface area (Å²) in [5.74, 6) is -0.810. The fraction of sp³-hybridized carbons (Fsp3) is 0.227. The van der Waals surface area contributed by atoms with Crippen LogP contribution in [-0.2, 0) is 6.54 Å². The molecule has 0 unspecified atom stereocenters. The molecule has 2 aromatic carbocycles. The molecule has 0 saturated heterocycles. The smallest absolute Gasteiger partial charge is 0.357 e. The molecule has 0 spiro atoms. The van der Waals surface area contributed by atoms with Gasteiger partial charge in [-0.1, -0.05) is 58.0 Å². The van der Waals surface area contributed by atoms with E-state index in [1.165, 1.54) is 0 Å². The summed E-state index contributed by atoms with van der Waals surface area (Å²) in [5, 5.41) is 14.4. The minimum absolute atomic E-state index is 0.0999. The zero-order valence-corrected chi connectivity index (χ0v) is 16.6. The SMILES string of the molecule is CC.CC.O=C(O)c1coc(-c2ccc(Cn3ncc4ccccc43)cc2)n1. The third kappa shape index (κ3) is 4.65. The van der Waals surface area contributed by atoms with Gasteiger partial charge in [-0.2, -0.15) is 5.10 Å². The van der Waals surface area contributed by atoms with Crippen LogP contribution in [0.1, 0.15) is 43.7 Å². The van der Waals surface area contributed by atoms with Crippen LogP contribution in [0.2, 0.25) is 0 Å². The minimum atomic E-state index is -1.10. The van der Waals surface area contributed by atoms with Crippen molar-refractivity contribution in [2.24, 2.45) is 0 Å². The maximum Gasteiger partial charge on any atom is 0.357 e. The van der Waals surface area contributed by atoms with E-state index < -0.39 is 5.97 Å². The lowest BCUT2D eigenvalue weighted by Gasteiger charge is -2.04. The molecular weight excluding hydrogens is 354 g/mol. The summed E-state index contributed by atoms with van der Waals surface area (Å²) in [6.45, 7) is 8.65. The van der Waals surface area contributed by atoms with Crippen molar-refractivity contribution in [1.82, 2.24) is 14.8 Å². The first-order chi connectivity index (χ1) is 13.7. The average molecular weight is 379 g/mol. The van der Waals surface area contributed by atoms with Crippen molar-refractivity contribution < 1.29 is 14.3 Å². The Kier molecular flexibility index (Phi) is 7.51. The summed E-state index contributed by atoms with van der Waals surface area (Å²) in [4.78, 5) is 14.8. The number of benzene rings is 2. The Morgan fingerprint density at radius 1 is 1.04 bits per heavy atom. The molecule has 2 aromatic heterocycles. The first-order valence-electron chi connectivity index (χ1n) is 9.39. The topological polar surface area (TPSA) is 81.1 Å². The van der Waals surface area contributed by atoms with E-state index in [2.05, 4.69) is 10.1 Å². The van der Waals surface area contributed by atoms with Gasteiger partial charge in [0.15, 0.2) is 5.69 Å². The van der Waals surface area contributed by atoms with Gasteiger partial charge in [-0.3, -0.25) is 4.68 Å². The number of hydrogen-bond donors (Lipinski definition) is 1. The van der Waals surface area contributed by atoms with Crippen LogP contribution >= 0.6 is 0 Å². The van der Waals surface area contributed by atoms with Crippen LogP contribution < -0.4 is 0 Å². The second-order valence-electron chi connectivity index (χ2n) is 5.40. The number of para-hydroxylation sites is 1. The van der Waals surface area contributed by atoms with Crippen molar-refractivity contribution in [3.8, 4) is 11.5 Å². The zero-order valence-electron chi connectivity index (χ0n) is 16.6. The molecule has 1 N–H and O–H groups in total. The van der Waals surface area contributed by atoms with Crippen molar-refractivity contribution in [3.63, 3.8) is 0 Å². The van der Waals surface area contributed by atoms with Crippen molar-refractivity contribution in [2.75, 3.05) is 0 Å². The first-order valence-corrected chi connectivity index (χ1v) is 9.39. The molecule has 0 aliphatic carbocycles. The molecule has 146 valence electrons. The summed E-state index contributed by atoms with van der Waals surface area (Å²) in [6, 6.07) is 15.7. The molecule has 6 heteroatoms. The van der Waals surface area contributed by atoms with Crippen molar-refractivity contribution in [2.45, 2.75) is 34.2 Å². The summed E-state index contributed by atoms with van der Waals surface area (Å²) < 4.78 is 7.15. The van der Waals surface area contributed by atoms with Gasteiger partial charge in [0, 0.05) is 10.9 Å². The Labute approximate surface area is 164 Å². The maximum atomic E-state index is 10.9. The van der Waals surface area contributed by atoms with Crippen LogP contribution in [0.3, 0.4) is 0 Å². The second kappa shape index (κ2) is 10.1. The number of aromatic carboxylic acids is 1. The molecule has 4 rings (SSSR count). The number of oxazole rings is 1. The number of aromatic nitrogens is 3. The van der Waals surface area contributed by atoms with Crippen LogP contribution in [0, 0.1) is 0 Å². The molecule has 0 amide bonds. The van der Waals surface area contributed by atoms with Crippen molar-refractivity contribution >= 4 is 16.9 Å². The predicted molar refractivity (Wildman–Crippen MR) is 110 cm³/mol. The van der Waals surface area contributed by atoms with Crippen molar-refractivity contribution in [1.29, 1.82) is 0 Å². The molecule has 28 heavy (non-hydrogen) atoms. The Morgan fingerprint density at radius 3 is 2.36 bits per heavy atom. The Hall–Kier alpha value is -3.41. The number of carboxylic acid groups (broad SMARTS) is 1. The number of carboxylic acids is 1. The standard InChI is InChI=1S/C18H13N3O3.2C2H6/c22-18(23)15-11-24-17(20-15)13-7-5-12(6-8-13)10-21-16-4-2-1-3-14(16)9-19-21;2*1-2/h1-9,11H,10H2,(H,22,23);2*1-2H3. The largest absolute Gasteiger partial charge is 0.476 e. The number of rotatable bonds is 4. The highest BCUT2D eigenvalue weighted by atomic mass is 16.4. The van der Waals surface area contributed by atoms with Gasteiger partial charge in [-0.15, -0.1) is 0 Å². The van der Waals surface area contributed by atoms with Gasteiger partial charge in [-0.05, 0) is 23.8 Å². The van der Waals surface area contributed by atoms with Gasteiger partial charge >= 0.3 is 5.97 Å². The lowest BCUT2D eigenvalue weighted by molar-refractivity contribution is 0.0690. The molecule has 0 aliphatic heterocycles. The number of fused-ring (bicyclic) bond motifs is 1. The highest BCUT2D eigenvalue weighted by molar-refractivity contribution is 5.85. The lowest BCUT2D eigenvalue weighted by atomic mass is 10.1. The molecule has 6 nitrogen and oxygen atoms in total. The summed E-state index contributed by atoms with van der Waals surface area (Å²) in [5.41, 5.74) is 2.80. The quantitative estimate of drug-likeness (QED) is 0.507. The van der Waals surface area contributed by atoms with E-state index in [-0.39, 0.29) is 5.69 Å². The monoisotopic (exact) mass is 379 g/mol. The molecule has 0 fully saturated rings. The lowest BCUT2D eigenvalue weighted by Crippen LogP contribution is -2.01. The Morgan fingerprint density at radius 2 is 1.71 bits per heavy atom.